The fourth-order valence-corrected chi connectivity index (χ4v) is 6.92. The van der Waals surface area contributed by atoms with Crippen molar-refractivity contribution in [3.63, 3.8) is 0 Å². The number of carboxylic acids is 1. The molecule has 2 N–H and O–H groups in total. The van der Waals surface area contributed by atoms with Crippen molar-refractivity contribution in [1.29, 1.82) is 0 Å². The summed E-state index contributed by atoms with van der Waals surface area (Å²) in [7, 11) is 0. The first-order valence-electron chi connectivity index (χ1n) is 13.6. The number of halogens is 5. The lowest BCUT2D eigenvalue weighted by atomic mass is 9.65. The Labute approximate surface area is 242 Å². The third-order valence-corrected chi connectivity index (χ3v) is 9.52. The van der Waals surface area contributed by atoms with Crippen molar-refractivity contribution in [2.75, 3.05) is 36.4 Å². The molecule has 1 aromatic heterocycles. The van der Waals surface area contributed by atoms with E-state index in [9.17, 15) is 23.1 Å². The monoisotopic (exact) mass is 599 g/mol. The zero-order chi connectivity index (χ0) is 29.0. The van der Waals surface area contributed by atoms with Gasteiger partial charge in [0.1, 0.15) is 5.02 Å². The van der Waals surface area contributed by atoms with Crippen LogP contribution in [-0.2, 0) is 11.0 Å². The summed E-state index contributed by atoms with van der Waals surface area (Å²) in [6.07, 6.45) is -1.34. The summed E-state index contributed by atoms with van der Waals surface area (Å²) in [6.45, 7) is 8.47. The van der Waals surface area contributed by atoms with Gasteiger partial charge in [0.05, 0.1) is 11.5 Å². The van der Waals surface area contributed by atoms with Crippen LogP contribution < -0.4 is 10.2 Å². The highest BCUT2D eigenvalue weighted by molar-refractivity contribution is 6.33. The topological polar surface area (TPSA) is 81.6 Å². The van der Waals surface area contributed by atoms with Crippen LogP contribution in [0.3, 0.4) is 0 Å². The first kappa shape index (κ1) is 29.2. The maximum Gasteiger partial charge on any atom is 0.435 e. The maximum atomic E-state index is 13.9. The molecule has 2 aliphatic heterocycles. The van der Waals surface area contributed by atoms with Gasteiger partial charge < -0.3 is 20.2 Å². The van der Waals surface area contributed by atoms with E-state index in [-0.39, 0.29) is 17.8 Å². The van der Waals surface area contributed by atoms with Gasteiger partial charge in [0.25, 0.3) is 0 Å². The Hall–Kier alpha value is -2.30. The molecule has 2 aromatic rings. The first-order chi connectivity index (χ1) is 18.7. The average Bonchev–Trinajstić information content (AvgIpc) is 2.82. The van der Waals surface area contributed by atoms with Crippen LogP contribution in [0.2, 0.25) is 10.0 Å². The molecule has 0 unspecified atom stereocenters. The molecule has 7 nitrogen and oxygen atoms in total. The summed E-state index contributed by atoms with van der Waals surface area (Å²) in [5.41, 5.74) is -0.107. The minimum Gasteiger partial charge on any atom is -0.481 e. The van der Waals surface area contributed by atoms with Crippen LogP contribution in [0, 0.1) is 24.2 Å². The molecule has 3 heterocycles. The molecule has 0 radical (unpaired) electrons. The van der Waals surface area contributed by atoms with E-state index in [4.69, 9.17) is 23.2 Å². The summed E-state index contributed by atoms with van der Waals surface area (Å²) in [4.78, 5) is 23.9. The lowest BCUT2D eigenvalue weighted by Crippen LogP contribution is -2.58. The molecule has 3 fully saturated rings. The summed E-state index contributed by atoms with van der Waals surface area (Å²) in [5.74, 6) is -0.108. The number of likely N-dealkylation sites (tertiary alicyclic amines) is 1. The van der Waals surface area contributed by atoms with Crippen molar-refractivity contribution in [2.45, 2.75) is 64.7 Å². The van der Waals surface area contributed by atoms with Gasteiger partial charge in [-0.05, 0) is 82.0 Å². The highest BCUT2D eigenvalue weighted by atomic mass is 35.5. The number of nitrogens with zero attached hydrogens (tertiary/aromatic N) is 4. The third kappa shape index (κ3) is 5.72. The second kappa shape index (κ2) is 10.8. The fourth-order valence-electron chi connectivity index (χ4n) is 6.27. The van der Waals surface area contributed by atoms with Crippen molar-refractivity contribution in [3.05, 3.63) is 45.1 Å². The van der Waals surface area contributed by atoms with E-state index >= 15 is 0 Å². The van der Waals surface area contributed by atoms with Crippen molar-refractivity contribution < 1.29 is 23.1 Å². The van der Waals surface area contributed by atoms with E-state index in [0.29, 0.717) is 42.8 Å². The maximum absolute atomic E-state index is 13.9. The number of alkyl halides is 3. The number of nitrogens with one attached hydrogen (secondary N) is 1. The predicted octanol–water partition coefficient (Wildman–Crippen LogP) is 6.69. The Morgan fingerprint density at radius 3 is 2.50 bits per heavy atom. The number of benzene rings is 1. The van der Waals surface area contributed by atoms with E-state index in [2.05, 4.69) is 20.2 Å². The van der Waals surface area contributed by atoms with Crippen LogP contribution in [0.4, 0.5) is 24.9 Å². The first-order valence-corrected chi connectivity index (χ1v) is 14.4. The number of carboxylic acid groups (broad SMARTS) is 1. The number of rotatable bonds is 7. The van der Waals surface area contributed by atoms with Gasteiger partial charge in [-0.3, -0.25) is 4.79 Å². The van der Waals surface area contributed by atoms with Crippen molar-refractivity contribution in [2.24, 2.45) is 17.3 Å². The summed E-state index contributed by atoms with van der Waals surface area (Å²) in [6, 6.07) is 5.35. The molecule has 218 valence electrons. The van der Waals surface area contributed by atoms with Crippen molar-refractivity contribution in [1.82, 2.24) is 14.9 Å². The zero-order valence-electron chi connectivity index (χ0n) is 22.7. The second-order valence-electron chi connectivity index (χ2n) is 11.9. The highest BCUT2D eigenvalue weighted by Gasteiger charge is 2.50. The summed E-state index contributed by atoms with van der Waals surface area (Å²) < 4.78 is 41.7. The van der Waals surface area contributed by atoms with E-state index < -0.39 is 34.3 Å². The fraction of sp³-hybridized carbons (Fsp3) is 0.607. The van der Waals surface area contributed by atoms with Gasteiger partial charge >= 0.3 is 12.1 Å². The minimum atomic E-state index is -4.74. The van der Waals surface area contributed by atoms with Crippen LogP contribution in [0.25, 0.3) is 0 Å². The quantitative estimate of drug-likeness (QED) is 0.367. The Morgan fingerprint density at radius 1 is 1.18 bits per heavy atom. The molecule has 3 aliphatic rings. The van der Waals surface area contributed by atoms with E-state index in [1.54, 1.807) is 24.8 Å². The van der Waals surface area contributed by atoms with E-state index in [1.807, 2.05) is 19.1 Å². The molecule has 0 amide bonds. The van der Waals surface area contributed by atoms with Crippen LogP contribution in [-0.4, -0.2) is 58.2 Å². The largest absolute Gasteiger partial charge is 0.481 e. The molecule has 1 aromatic carbocycles. The lowest BCUT2D eigenvalue weighted by molar-refractivity contribution is -0.158. The molecular formula is C28H34Cl2F3N5O2. The Balaban J connectivity index is 1.28. The molecule has 5 rings (SSSR count). The molecule has 2 atom stereocenters. The molecular weight excluding hydrogens is 566 g/mol. The number of aromatic nitrogens is 2. The predicted molar refractivity (Wildman–Crippen MR) is 149 cm³/mol. The number of aryl methyl sites for hydroxylation is 1. The molecule has 40 heavy (non-hydrogen) atoms. The molecule has 1 aliphatic carbocycles. The number of hydrogen-bond donors (Lipinski definition) is 2. The van der Waals surface area contributed by atoms with E-state index in [0.717, 1.165) is 37.1 Å². The standard InChI is InChI=1S/C28H34Cl2F3N5O2/c1-15-6-7-20(21(29)9-15)16(2)34-24-22(30)23(28(31,32)33)35-26(36-24)38-13-18(14-38)17-5-4-8-37(12-17)19-10-27(3,11-19)25(39)40/h6-7,9,16-19H,4-5,8,10-14H2,1-3H3,(H,39,40)(H,34,35,36)/t16-,17+,19-,27-/m1/s1. The molecule has 12 heteroatoms. The number of carbonyl (C=O) groups is 1. The SMILES string of the molecule is Cc1ccc([C@@H](C)Nc2nc(N3CC([C@H]4CCCN([C@H]5C[C@](C)(C(=O)O)C5)C4)C3)nc(C(F)(F)F)c2Cl)c(Cl)c1. The smallest absolute Gasteiger partial charge is 0.435 e. The van der Waals surface area contributed by atoms with Crippen molar-refractivity contribution >= 4 is 40.9 Å². The van der Waals surface area contributed by atoms with Crippen LogP contribution in [0.5, 0.6) is 0 Å². The van der Waals surface area contributed by atoms with Gasteiger partial charge in [-0.1, -0.05) is 35.3 Å². The summed E-state index contributed by atoms with van der Waals surface area (Å²) >= 11 is 12.6. The highest BCUT2D eigenvalue weighted by Crippen LogP contribution is 2.46. The van der Waals surface area contributed by atoms with Gasteiger partial charge in [-0.25, -0.2) is 4.98 Å². The molecule has 1 saturated carbocycles. The summed E-state index contributed by atoms with van der Waals surface area (Å²) in [5, 5.41) is 12.4. The van der Waals surface area contributed by atoms with Gasteiger partial charge in [-0.15, -0.1) is 0 Å². The van der Waals surface area contributed by atoms with Gasteiger partial charge in [0, 0.05) is 30.7 Å². The molecule has 2 saturated heterocycles. The second-order valence-corrected chi connectivity index (χ2v) is 12.7. The third-order valence-electron chi connectivity index (χ3n) is 8.84. The number of anilines is 2. The van der Waals surface area contributed by atoms with Gasteiger partial charge in [0.2, 0.25) is 5.95 Å². The van der Waals surface area contributed by atoms with Gasteiger partial charge in [-0.2, -0.15) is 18.2 Å². The number of aliphatic carboxylic acids is 1. The Kier molecular flexibility index (Phi) is 7.91. The number of hydrogen-bond acceptors (Lipinski definition) is 6. The van der Waals surface area contributed by atoms with Crippen LogP contribution in [0.15, 0.2) is 18.2 Å². The molecule has 0 spiro atoms. The molecule has 0 bridgehead atoms. The zero-order valence-corrected chi connectivity index (χ0v) is 24.2. The minimum absolute atomic E-state index is 0.00145. The Morgan fingerprint density at radius 2 is 1.88 bits per heavy atom. The Bertz CT molecular complexity index is 1280. The van der Waals surface area contributed by atoms with Crippen LogP contribution >= 0.6 is 23.2 Å². The van der Waals surface area contributed by atoms with Crippen molar-refractivity contribution in [3.8, 4) is 0 Å². The van der Waals surface area contributed by atoms with Gasteiger partial charge in [0.15, 0.2) is 11.5 Å². The van der Waals surface area contributed by atoms with Crippen LogP contribution in [0.1, 0.15) is 62.4 Å². The average molecular weight is 601 g/mol. The normalized spacial score (nSPS) is 26.6. The number of piperidine rings is 1. The van der Waals surface area contributed by atoms with E-state index in [1.165, 1.54) is 0 Å². The lowest BCUT2D eigenvalue weighted by Gasteiger charge is -2.52.